The van der Waals surface area contributed by atoms with Crippen LogP contribution in [-0.2, 0) is 14.3 Å². The quantitative estimate of drug-likeness (QED) is 0.165. The van der Waals surface area contributed by atoms with Crippen LogP contribution < -0.4 is 20.9 Å². The summed E-state index contributed by atoms with van der Waals surface area (Å²) in [6.07, 6.45) is 2.74. The fourth-order valence-electron chi connectivity index (χ4n) is 3.78. The fourth-order valence-corrected chi connectivity index (χ4v) is 3.78. The lowest BCUT2D eigenvalue weighted by molar-refractivity contribution is -0.149. The molecule has 0 radical (unpaired) electrons. The van der Waals surface area contributed by atoms with Crippen LogP contribution in [-0.4, -0.2) is 79.5 Å². The maximum atomic E-state index is 12.5. The largest absolute Gasteiger partial charge is 0.493 e. The molecule has 0 unspecified atom stereocenters. The van der Waals surface area contributed by atoms with E-state index in [9.17, 15) is 14.4 Å². The number of benzene rings is 2. The zero-order valence-corrected chi connectivity index (χ0v) is 21.8. The van der Waals surface area contributed by atoms with Crippen LogP contribution >= 0.6 is 0 Å². The van der Waals surface area contributed by atoms with Crippen LogP contribution in [0.15, 0.2) is 53.5 Å². The van der Waals surface area contributed by atoms with E-state index >= 15 is 0 Å². The molecule has 0 spiro atoms. The van der Waals surface area contributed by atoms with Crippen molar-refractivity contribution in [1.82, 2.24) is 9.80 Å². The summed E-state index contributed by atoms with van der Waals surface area (Å²) < 4.78 is 15.9. The molecule has 0 bridgehead atoms. The average molecular weight is 524 g/mol. The van der Waals surface area contributed by atoms with Gasteiger partial charge in [-0.05, 0) is 61.9 Å². The van der Waals surface area contributed by atoms with E-state index in [0.717, 1.165) is 13.1 Å². The zero-order valence-electron chi connectivity index (χ0n) is 21.8. The Morgan fingerprint density at radius 1 is 1.00 bits per heavy atom. The van der Waals surface area contributed by atoms with Crippen molar-refractivity contribution in [1.29, 1.82) is 0 Å². The van der Waals surface area contributed by atoms with E-state index in [4.69, 9.17) is 25.7 Å². The van der Waals surface area contributed by atoms with Crippen LogP contribution in [0, 0.1) is 0 Å². The van der Waals surface area contributed by atoms with Crippen molar-refractivity contribution >= 4 is 35.6 Å². The van der Waals surface area contributed by atoms with Gasteiger partial charge < -0.3 is 30.6 Å². The molecule has 0 atom stereocenters. The Balaban J connectivity index is 1.53. The van der Waals surface area contributed by atoms with Crippen LogP contribution in [0.2, 0.25) is 0 Å². The maximum Gasteiger partial charge on any atom is 0.343 e. The number of nitrogens with two attached hydrogens (primary N) is 2. The number of carbonyl (C=O) groups excluding carboxylic acids is 3. The first-order valence-electron chi connectivity index (χ1n) is 12.1. The van der Waals surface area contributed by atoms with Crippen LogP contribution in [0.3, 0.4) is 0 Å². The number of ether oxygens (including phenoxy) is 3. The molecular weight excluding hydrogens is 490 g/mol. The third-order valence-corrected chi connectivity index (χ3v) is 5.90. The number of rotatable bonds is 9. The monoisotopic (exact) mass is 523 g/mol. The van der Waals surface area contributed by atoms with Crippen molar-refractivity contribution in [2.24, 2.45) is 16.5 Å². The predicted molar refractivity (Wildman–Crippen MR) is 143 cm³/mol. The molecule has 3 rings (SSSR count). The van der Waals surface area contributed by atoms with E-state index in [1.165, 1.54) is 31.4 Å². The molecule has 0 aliphatic carbocycles. The number of methoxy groups -OCH3 is 1. The van der Waals surface area contributed by atoms with Gasteiger partial charge in [0.05, 0.1) is 18.4 Å². The third-order valence-electron chi connectivity index (χ3n) is 5.90. The first kappa shape index (κ1) is 28.2. The molecule has 2 aromatic carbocycles. The molecule has 0 aromatic heterocycles. The van der Waals surface area contributed by atoms with Crippen molar-refractivity contribution in [3.8, 4) is 11.5 Å². The molecule has 0 saturated carbocycles. The number of amides is 1. The van der Waals surface area contributed by atoms with Crippen molar-refractivity contribution in [2.75, 3.05) is 39.9 Å². The molecule has 11 nitrogen and oxygen atoms in total. The topological polar surface area (TPSA) is 150 Å². The second kappa shape index (κ2) is 13.2. The Bertz CT molecular complexity index is 1200. The lowest BCUT2D eigenvalue weighted by Crippen LogP contribution is -2.51. The van der Waals surface area contributed by atoms with Gasteiger partial charge in [-0.3, -0.25) is 9.69 Å². The number of guanidine groups is 1. The second-order valence-corrected chi connectivity index (χ2v) is 8.83. The van der Waals surface area contributed by atoms with Gasteiger partial charge in [-0.15, -0.1) is 0 Å². The van der Waals surface area contributed by atoms with Gasteiger partial charge in [-0.1, -0.05) is 6.07 Å². The van der Waals surface area contributed by atoms with Crippen LogP contribution in [0.4, 0.5) is 5.69 Å². The Hall–Kier alpha value is -4.38. The molecule has 1 aliphatic rings. The van der Waals surface area contributed by atoms with E-state index in [-0.39, 0.29) is 24.2 Å². The molecule has 1 saturated heterocycles. The molecule has 1 heterocycles. The number of hydrogen-bond donors (Lipinski definition) is 2. The van der Waals surface area contributed by atoms with Gasteiger partial charge in [-0.25, -0.2) is 14.6 Å². The Labute approximate surface area is 221 Å². The highest BCUT2D eigenvalue weighted by Crippen LogP contribution is 2.29. The highest BCUT2D eigenvalue weighted by molar-refractivity contribution is 5.92. The molecular formula is C27H33N5O6. The second-order valence-electron chi connectivity index (χ2n) is 8.83. The minimum absolute atomic E-state index is 0.0864. The van der Waals surface area contributed by atoms with Crippen LogP contribution in [0.5, 0.6) is 11.5 Å². The van der Waals surface area contributed by atoms with Crippen LogP contribution in [0.25, 0.3) is 6.08 Å². The summed E-state index contributed by atoms with van der Waals surface area (Å²) in [7, 11) is 1.44. The summed E-state index contributed by atoms with van der Waals surface area (Å²) in [5.41, 5.74) is 12.1. The summed E-state index contributed by atoms with van der Waals surface area (Å²) in [6.45, 7) is 6.77. The van der Waals surface area contributed by atoms with Crippen molar-refractivity contribution in [2.45, 2.75) is 19.9 Å². The fraction of sp³-hybridized carbons (Fsp3) is 0.333. The minimum atomic E-state index is -0.641. The number of carbonyl (C=O) groups is 3. The standard InChI is InChI=1S/C27H33N5O6/c1-18(2)31-12-14-32(15-13-31)24(33)17-37-25(34)11-5-19-4-10-22(23(16-19)36-3)38-26(35)20-6-8-21(9-7-20)30-27(28)29/h4-11,16,18H,12-15,17H2,1-3H3,(H4,28,29,30)/b11-5+. The number of hydrogen-bond acceptors (Lipinski definition) is 8. The molecule has 4 N–H and O–H groups in total. The Kier molecular flexibility index (Phi) is 9.83. The van der Waals surface area contributed by atoms with Gasteiger partial charge in [0.2, 0.25) is 0 Å². The first-order valence-corrected chi connectivity index (χ1v) is 12.1. The number of esters is 2. The minimum Gasteiger partial charge on any atom is -0.493 e. The number of piperazine rings is 1. The van der Waals surface area contributed by atoms with E-state index < -0.39 is 11.9 Å². The number of aliphatic imine (C=N–C) groups is 1. The van der Waals surface area contributed by atoms with Gasteiger partial charge in [-0.2, -0.15) is 0 Å². The summed E-state index contributed by atoms with van der Waals surface area (Å²) in [4.78, 5) is 44.9. The lowest BCUT2D eigenvalue weighted by Gasteiger charge is -2.36. The molecule has 38 heavy (non-hydrogen) atoms. The van der Waals surface area contributed by atoms with Gasteiger partial charge in [0.1, 0.15) is 0 Å². The van der Waals surface area contributed by atoms with Crippen molar-refractivity contribution < 1.29 is 28.6 Å². The van der Waals surface area contributed by atoms with Crippen LogP contribution in [0.1, 0.15) is 29.8 Å². The van der Waals surface area contributed by atoms with E-state index in [2.05, 4.69) is 23.7 Å². The molecule has 1 aliphatic heterocycles. The van der Waals surface area contributed by atoms with Gasteiger partial charge in [0.25, 0.3) is 5.91 Å². The van der Waals surface area contributed by atoms with E-state index in [1.54, 1.807) is 35.2 Å². The van der Waals surface area contributed by atoms with Crippen molar-refractivity contribution in [3.63, 3.8) is 0 Å². The zero-order chi connectivity index (χ0) is 27.7. The molecule has 1 amide bonds. The highest BCUT2D eigenvalue weighted by atomic mass is 16.6. The summed E-state index contributed by atoms with van der Waals surface area (Å²) in [5.74, 6) is -1.04. The summed E-state index contributed by atoms with van der Waals surface area (Å²) in [6, 6.07) is 11.5. The highest BCUT2D eigenvalue weighted by Gasteiger charge is 2.23. The normalized spacial score (nSPS) is 13.8. The summed E-state index contributed by atoms with van der Waals surface area (Å²) >= 11 is 0. The third kappa shape index (κ3) is 8.07. The smallest absolute Gasteiger partial charge is 0.343 e. The molecule has 11 heteroatoms. The van der Waals surface area contributed by atoms with Gasteiger partial charge in [0, 0.05) is 38.3 Å². The Morgan fingerprint density at radius 3 is 2.29 bits per heavy atom. The molecule has 202 valence electrons. The maximum absolute atomic E-state index is 12.5. The predicted octanol–water partition coefficient (Wildman–Crippen LogP) is 1.93. The summed E-state index contributed by atoms with van der Waals surface area (Å²) in [5, 5.41) is 0. The van der Waals surface area contributed by atoms with E-state index in [0.29, 0.717) is 41.7 Å². The van der Waals surface area contributed by atoms with Crippen molar-refractivity contribution in [3.05, 3.63) is 59.7 Å². The van der Waals surface area contributed by atoms with Gasteiger partial charge >= 0.3 is 11.9 Å². The number of nitrogens with zero attached hydrogens (tertiary/aromatic N) is 3. The first-order chi connectivity index (χ1) is 18.2. The SMILES string of the molecule is COc1cc(/C=C/C(=O)OCC(=O)N2CCN(C(C)C)CC2)ccc1OC(=O)c1ccc(N=C(N)N)cc1. The lowest BCUT2D eigenvalue weighted by atomic mass is 10.2. The average Bonchev–Trinajstić information content (AvgIpc) is 2.91. The molecule has 1 fully saturated rings. The molecule has 2 aromatic rings. The Morgan fingerprint density at radius 2 is 1.68 bits per heavy atom. The van der Waals surface area contributed by atoms with Gasteiger partial charge in [0.15, 0.2) is 24.1 Å². The van der Waals surface area contributed by atoms with E-state index in [1.807, 2.05) is 0 Å².